The Labute approximate surface area is 144 Å². The smallest absolute Gasteiger partial charge is 0.416 e. The standard InChI is InChI=1S/C18H10F3NO4/c19-18(20,21)9-4-3-5-10(8-9)22-17(26)13-14(23)11-6-1-2-7-12(11)15(24)16(13)25/h1-8,23H,(H,22,26). The maximum absolute atomic E-state index is 12.7. The van der Waals surface area contributed by atoms with Crippen LogP contribution in [0.25, 0.3) is 5.76 Å². The third kappa shape index (κ3) is 2.97. The zero-order valence-corrected chi connectivity index (χ0v) is 12.9. The molecule has 0 saturated carbocycles. The van der Waals surface area contributed by atoms with Crippen molar-refractivity contribution >= 4 is 28.9 Å². The van der Waals surface area contributed by atoms with Crippen molar-refractivity contribution in [1.82, 2.24) is 0 Å². The second-order valence-corrected chi connectivity index (χ2v) is 5.46. The van der Waals surface area contributed by atoms with E-state index in [1.54, 1.807) is 0 Å². The number of rotatable bonds is 2. The third-order valence-electron chi connectivity index (χ3n) is 3.77. The van der Waals surface area contributed by atoms with Gasteiger partial charge >= 0.3 is 6.18 Å². The van der Waals surface area contributed by atoms with E-state index in [-0.39, 0.29) is 16.8 Å². The molecule has 1 aliphatic rings. The van der Waals surface area contributed by atoms with Crippen molar-refractivity contribution in [2.45, 2.75) is 6.18 Å². The second kappa shape index (κ2) is 6.14. The maximum Gasteiger partial charge on any atom is 0.416 e. The molecular weight excluding hydrogens is 351 g/mol. The molecule has 0 saturated heterocycles. The summed E-state index contributed by atoms with van der Waals surface area (Å²) in [6.07, 6.45) is -4.61. The van der Waals surface area contributed by atoms with E-state index < -0.39 is 40.5 Å². The van der Waals surface area contributed by atoms with Gasteiger partial charge in [0.2, 0.25) is 11.6 Å². The zero-order chi connectivity index (χ0) is 19.1. The summed E-state index contributed by atoms with van der Waals surface area (Å²) in [5, 5.41) is 12.3. The molecule has 8 heteroatoms. The Morgan fingerprint density at radius 2 is 1.58 bits per heavy atom. The molecule has 1 amide bonds. The molecule has 0 bridgehead atoms. The van der Waals surface area contributed by atoms with Gasteiger partial charge in [-0.1, -0.05) is 30.3 Å². The lowest BCUT2D eigenvalue weighted by molar-refractivity contribution is -0.137. The summed E-state index contributed by atoms with van der Waals surface area (Å²) in [7, 11) is 0. The Balaban J connectivity index is 1.98. The highest BCUT2D eigenvalue weighted by molar-refractivity contribution is 6.57. The van der Waals surface area contributed by atoms with Crippen LogP contribution in [0, 0.1) is 0 Å². The highest BCUT2D eigenvalue weighted by Crippen LogP contribution is 2.32. The minimum absolute atomic E-state index is 0.00583. The number of carbonyl (C=O) groups excluding carboxylic acids is 3. The molecule has 0 radical (unpaired) electrons. The molecular formula is C18H10F3NO4. The topological polar surface area (TPSA) is 83.5 Å². The summed E-state index contributed by atoms with van der Waals surface area (Å²) in [5.74, 6) is -4.08. The van der Waals surface area contributed by atoms with E-state index in [4.69, 9.17) is 0 Å². The molecule has 26 heavy (non-hydrogen) atoms. The fourth-order valence-corrected chi connectivity index (χ4v) is 2.54. The van der Waals surface area contributed by atoms with Crippen LogP contribution in [0.1, 0.15) is 21.5 Å². The molecule has 0 heterocycles. The number of halogens is 3. The molecule has 0 aromatic heterocycles. The van der Waals surface area contributed by atoms with Gasteiger partial charge in [-0.05, 0) is 18.2 Å². The van der Waals surface area contributed by atoms with Gasteiger partial charge < -0.3 is 10.4 Å². The molecule has 0 aliphatic heterocycles. The van der Waals surface area contributed by atoms with E-state index in [9.17, 15) is 32.7 Å². The van der Waals surface area contributed by atoms with E-state index in [1.807, 2.05) is 0 Å². The molecule has 0 unspecified atom stereocenters. The maximum atomic E-state index is 12.7. The number of fused-ring (bicyclic) bond motifs is 1. The number of anilines is 1. The number of ketones is 2. The zero-order valence-electron chi connectivity index (χ0n) is 12.9. The Morgan fingerprint density at radius 3 is 2.23 bits per heavy atom. The first-order chi connectivity index (χ1) is 12.2. The largest absolute Gasteiger partial charge is 0.506 e. The number of hydrogen-bond acceptors (Lipinski definition) is 4. The number of aliphatic hydroxyl groups is 1. The molecule has 2 N–H and O–H groups in total. The van der Waals surface area contributed by atoms with Gasteiger partial charge in [0.05, 0.1) is 5.56 Å². The average Bonchev–Trinajstić information content (AvgIpc) is 2.59. The lowest BCUT2D eigenvalue weighted by Crippen LogP contribution is -2.31. The number of carbonyl (C=O) groups is 3. The first-order valence-corrected chi connectivity index (χ1v) is 7.30. The van der Waals surface area contributed by atoms with Crippen molar-refractivity contribution in [2.24, 2.45) is 0 Å². The van der Waals surface area contributed by atoms with Crippen LogP contribution in [0.15, 0.2) is 54.1 Å². The average molecular weight is 361 g/mol. The van der Waals surface area contributed by atoms with Gasteiger partial charge in [0.1, 0.15) is 11.3 Å². The summed E-state index contributed by atoms with van der Waals surface area (Å²) >= 11 is 0. The van der Waals surface area contributed by atoms with Crippen LogP contribution >= 0.6 is 0 Å². The summed E-state index contributed by atoms with van der Waals surface area (Å²) in [4.78, 5) is 36.6. The first-order valence-electron chi connectivity index (χ1n) is 7.30. The Bertz CT molecular complexity index is 976. The van der Waals surface area contributed by atoms with Crippen molar-refractivity contribution in [1.29, 1.82) is 0 Å². The lowest BCUT2D eigenvalue weighted by atomic mass is 9.88. The van der Waals surface area contributed by atoms with Gasteiger partial charge in [-0.25, -0.2) is 0 Å². The van der Waals surface area contributed by atoms with E-state index in [0.29, 0.717) is 6.07 Å². The fourth-order valence-electron chi connectivity index (χ4n) is 2.54. The number of hydrogen-bond donors (Lipinski definition) is 2. The Morgan fingerprint density at radius 1 is 0.923 bits per heavy atom. The summed E-state index contributed by atoms with van der Waals surface area (Å²) in [5.41, 5.74) is -2.09. The van der Waals surface area contributed by atoms with Gasteiger partial charge in [-0.2, -0.15) is 13.2 Å². The molecule has 0 fully saturated rings. The Hall–Kier alpha value is -3.42. The van der Waals surface area contributed by atoms with Crippen LogP contribution in [-0.2, 0) is 15.8 Å². The molecule has 5 nitrogen and oxygen atoms in total. The van der Waals surface area contributed by atoms with Crippen LogP contribution < -0.4 is 5.32 Å². The highest BCUT2D eigenvalue weighted by atomic mass is 19.4. The van der Waals surface area contributed by atoms with Crippen molar-refractivity contribution in [3.8, 4) is 0 Å². The van der Waals surface area contributed by atoms with E-state index in [1.165, 1.54) is 30.3 Å². The Kier molecular flexibility index (Phi) is 4.11. The van der Waals surface area contributed by atoms with Gasteiger partial charge in [0, 0.05) is 16.8 Å². The normalized spacial score (nSPS) is 14.3. The molecule has 2 aromatic rings. The molecule has 132 valence electrons. The summed E-state index contributed by atoms with van der Waals surface area (Å²) in [6.45, 7) is 0. The number of amides is 1. The van der Waals surface area contributed by atoms with Crippen molar-refractivity contribution < 1.29 is 32.7 Å². The van der Waals surface area contributed by atoms with Crippen molar-refractivity contribution in [3.63, 3.8) is 0 Å². The SMILES string of the molecule is O=C(Nc1cccc(C(F)(F)F)c1)C1=C(O)c2ccccc2C(=O)C1=O. The monoisotopic (exact) mass is 361 g/mol. The third-order valence-corrected chi connectivity index (χ3v) is 3.77. The van der Waals surface area contributed by atoms with Crippen LogP contribution in [-0.4, -0.2) is 22.6 Å². The van der Waals surface area contributed by atoms with Gasteiger partial charge in [-0.3, -0.25) is 14.4 Å². The second-order valence-electron chi connectivity index (χ2n) is 5.46. The molecule has 3 rings (SSSR count). The molecule has 2 aromatic carbocycles. The van der Waals surface area contributed by atoms with Gasteiger partial charge in [-0.15, -0.1) is 0 Å². The quantitative estimate of drug-likeness (QED) is 0.635. The number of Topliss-reactive ketones (excluding diaryl/α,β-unsaturated/α-hetero) is 2. The fraction of sp³-hybridized carbons (Fsp3) is 0.0556. The predicted molar refractivity (Wildman–Crippen MR) is 85.4 cm³/mol. The minimum atomic E-state index is -4.61. The van der Waals surface area contributed by atoms with Crippen molar-refractivity contribution in [2.75, 3.05) is 5.32 Å². The summed E-state index contributed by atoms with van der Waals surface area (Å²) < 4.78 is 38.2. The van der Waals surface area contributed by atoms with Gasteiger partial charge in [0.15, 0.2) is 0 Å². The number of alkyl halides is 3. The molecule has 0 atom stereocenters. The van der Waals surface area contributed by atoms with Crippen molar-refractivity contribution in [3.05, 3.63) is 70.8 Å². The number of benzene rings is 2. The lowest BCUT2D eigenvalue weighted by Gasteiger charge is -2.17. The molecule has 0 spiro atoms. The van der Waals surface area contributed by atoms with Crippen LogP contribution in [0.5, 0.6) is 0 Å². The van der Waals surface area contributed by atoms with Crippen LogP contribution in [0.3, 0.4) is 0 Å². The number of nitrogens with one attached hydrogen (secondary N) is 1. The minimum Gasteiger partial charge on any atom is -0.506 e. The number of aliphatic hydroxyl groups excluding tert-OH is 1. The highest BCUT2D eigenvalue weighted by Gasteiger charge is 2.37. The van der Waals surface area contributed by atoms with Crippen LogP contribution in [0.2, 0.25) is 0 Å². The van der Waals surface area contributed by atoms with E-state index in [2.05, 4.69) is 5.32 Å². The van der Waals surface area contributed by atoms with E-state index in [0.717, 1.165) is 12.1 Å². The van der Waals surface area contributed by atoms with Crippen LogP contribution in [0.4, 0.5) is 18.9 Å². The van der Waals surface area contributed by atoms with Gasteiger partial charge in [0.25, 0.3) is 5.91 Å². The van der Waals surface area contributed by atoms with E-state index >= 15 is 0 Å². The predicted octanol–water partition coefficient (Wildman–Crippen LogP) is 3.38. The molecule has 1 aliphatic carbocycles. The first kappa shape index (κ1) is 17.4. The summed E-state index contributed by atoms with van der Waals surface area (Å²) in [6, 6.07) is 9.44.